The van der Waals surface area contributed by atoms with Gasteiger partial charge in [0.2, 0.25) is 0 Å². The fourth-order valence-corrected chi connectivity index (χ4v) is 5.77. The number of ether oxygens (including phenoxy) is 2. The SMILES string of the molecule is CC/C=C/C/C=C/C/C=C/C/C=C/C/C=C/C/C=C/CCC(=O)O[C@H](COC(=O)CCCCCCC/C=C/CCCCCCC)COP(=O)(O)OCCN. The van der Waals surface area contributed by atoms with Gasteiger partial charge in [-0.1, -0.05) is 144 Å². The minimum absolute atomic E-state index is 0.0365. The standard InChI is InChI=1S/C44H74NO8P/c1-3-5-7-9-11-13-15-17-19-20-21-22-23-25-27-29-31-33-35-37-44(47)53-42(41-52-54(48,49)51-39-38-45)40-50-43(46)36-34-32-30-28-26-24-18-16-14-12-10-8-6-4-2/h5,7,11,13,16-19,21-22,25,27,31,33,42H,3-4,6,8-10,12,14-15,20,23-24,26,28-30,32,34-41,45H2,1-2H3,(H,48,49)/b7-5+,13-11+,18-16+,19-17+,22-21+,27-25+,33-31+/t42-/m1/s1. The van der Waals surface area contributed by atoms with E-state index in [-0.39, 0.29) is 32.6 Å². The molecule has 0 bridgehead atoms. The maximum Gasteiger partial charge on any atom is 0.472 e. The largest absolute Gasteiger partial charge is 0.472 e. The van der Waals surface area contributed by atoms with E-state index in [1.54, 1.807) is 0 Å². The molecule has 9 nitrogen and oxygen atoms in total. The van der Waals surface area contributed by atoms with E-state index < -0.39 is 32.5 Å². The minimum atomic E-state index is -4.40. The van der Waals surface area contributed by atoms with Gasteiger partial charge >= 0.3 is 19.8 Å². The van der Waals surface area contributed by atoms with Gasteiger partial charge in [0.1, 0.15) is 6.61 Å². The molecule has 2 atom stereocenters. The first-order valence-corrected chi connectivity index (χ1v) is 22.1. The van der Waals surface area contributed by atoms with Gasteiger partial charge in [-0.25, -0.2) is 4.57 Å². The Bertz CT molecular complexity index is 1160. The molecule has 0 aromatic carbocycles. The molecule has 3 N–H and O–H groups in total. The van der Waals surface area contributed by atoms with Gasteiger partial charge in [0.25, 0.3) is 0 Å². The van der Waals surface area contributed by atoms with Crippen LogP contribution in [0.5, 0.6) is 0 Å². The Labute approximate surface area is 328 Å². The molecule has 0 saturated carbocycles. The van der Waals surface area contributed by atoms with Crippen LogP contribution in [0.2, 0.25) is 0 Å². The second-order valence-corrected chi connectivity index (χ2v) is 14.6. The van der Waals surface area contributed by atoms with E-state index in [9.17, 15) is 19.0 Å². The normalized spacial score (nSPS) is 14.2. The highest BCUT2D eigenvalue weighted by atomic mass is 31.2. The van der Waals surface area contributed by atoms with Crippen molar-refractivity contribution in [1.29, 1.82) is 0 Å². The molecule has 0 spiro atoms. The Balaban J connectivity index is 4.35. The van der Waals surface area contributed by atoms with Gasteiger partial charge in [-0.2, -0.15) is 0 Å². The molecule has 0 amide bonds. The van der Waals surface area contributed by atoms with Crippen molar-refractivity contribution in [2.45, 2.75) is 155 Å². The van der Waals surface area contributed by atoms with Gasteiger partial charge in [-0.15, -0.1) is 0 Å². The number of phosphoric ester groups is 1. The zero-order chi connectivity index (χ0) is 39.6. The number of phosphoric acid groups is 1. The summed E-state index contributed by atoms with van der Waals surface area (Å²) in [6.07, 6.45) is 49.1. The number of rotatable bonds is 37. The van der Waals surface area contributed by atoms with Crippen molar-refractivity contribution < 1.29 is 37.6 Å². The van der Waals surface area contributed by atoms with E-state index in [0.29, 0.717) is 12.8 Å². The van der Waals surface area contributed by atoms with Crippen LogP contribution in [0.4, 0.5) is 0 Å². The van der Waals surface area contributed by atoms with Crippen LogP contribution in [0.3, 0.4) is 0 Å². The first kappa shape index (κ1) is 51.2. The molecule has 0 heterocycles. The third-order valence-electron chi connectivity index (χ3n) is 8.03. The molecule has 308 valence electrons. The van der Waals surface area contributed by atoms with E-state index in [0.717, 1.165) is 70.6 Å². The maximum atomic E-state index is 12.5. The molecule has 0 aliphatic carbocycles. The van der Waals surface area contributed by atoms with Crippen LogP contribution in [0.15, 0.2) is 85.1 Å². The number of hydrogen-bond acceptors (Lipinski definition) is 8. The molecule has 0 radical (unpaired) electrons. The van der Waals surface area contributed by atoms with Crippen molar-refractivity contribution in [2.75, 3.05) is 26.4 Å². The highest BCUT2D eigenvalue weighted by Crippen LogP contribution is 2.43. The zero-order valence-electron chi connectivity index (χ0n) is 33.7. The van der Waals surface area contributed by atoms with Crippen molar-refractivity contribution in [3.05, 3.63) is 85.1 Å². The lowest BCUT2D eigenvalue weighted by atomic mass is 10.1. The average molecular weight is 776 g/mol. The summed E-state index contributed by atoms with van der Waals surface area (Å²) in [5, 5.41) is 0. The summed E-state index contributed by atoms with van der Waals surface area (Å²) in [4.78, 5) is 34.8. The van der Waals surface area contributed by atoms with Crippen molar-refractivity contribution in [3.63, 3.8) is 0 Å². The summed E-state index contributed by atoms with van der Waals surface area (Å²) < 4.78 is 32.6. The lowest BCUT2D eigenvalue weighted by molar-refractivity contribution is -0.161. The third-order valence-corrected chi connectivity index (χ3v) is 9.01. The molecule has 0 fully saturated rings. The van der Waals surface area contributed by atoms with Crippen LogP contribution in [0.1, 0.15) is 149 Å². The predicted molar refractivity (Wildman–Crippen MR) is 224 cm³/mol. The Kier molecular flexibility index (Phi) is 37.8. The quantitative estimate of drug-likeness (QED) is 0.0274. The topological polar surface area (TPSA) is 134 Å². The van der Waals surface area contributed by atoms with E-state index in [4.69, 9.17) is 24.3 Å². The van der Waals surface area contributed by atoms with Crippen LogP contribution >= 0.6 is 7.82 Å². The van der Waals surface area contributed by atoms with Crippen LogP contribution < -0.4 is 5.73 Å². The second kappa shape index (κ2) is 39.9. The lowest BCUT2D eigenvalue weighted by Gasteiger charge is -2.19. The first-order chi connectivity index (χ1) is 26.3. The Morgan fingerprint density at radius 2 is 1.06 bits per heavy atom. The molecule has 0 aromatic rings. The average Bonchev–Trinajstić information content (AvgIpc) is 3.16. The van der Waals surface area contributed by atoms with E-state index in [1.165, 1.54) is 38.5 Å². The summed E-state index contributed by atoms with van der Waals surface area (Å²) in [6, 6.07) is 0. The van der Waals surface area contributed by atoms with Crippen molar-refractivity contribution in [1.82, 2.24) is 0 Å². The number of esters is 2. The molecular weight excluding hydrogens is 701 g/mol. The van der Waals surface area contributed by atoms with Gasteiger partial charge in [0.05, 0.1) is 13.2 Å². The molecule has 10 heteroatoms. The summed E-state index contributed by atoms with van der Waals surface area (Å²) in [6.45, 7) is 3.48. The Morgan fingerprint density at radius 3 is 1.59 bits per heavy atom. The number of allylic oxidation sites excluding steroid dienone is 14. The van der Waals surface area contributed by atoms with E-state index in [2.05, 4.69) is 86.8 Å². The highest BCUT2D eigenvalue weighted by Gasteiger charge is 2.25. The molecule has 1 unspecified atom stereocenters. The molecule has 0 rings (SSSR count). The second-order valence-electron chi connectivity index (χ2n) is 13.1. The highest BCUT2D eigenvalue weighted by molar-refractivity contribution is 7.47. The van der Waals surface area contributed by atoms with Crippen LogP contribution in [-0.4, -0.2) is 49.3 Å². The number of nitrogens with two attached hydrogens (primary N) is 1. The van der Waals surface area contributed by atoms with Crippen molar-refractivity contribution >= 4 is 19.8 Å². The van der Waals surface area contributed by atoms with Gasteiger partial charge in [-0.3, -0.25) is 18.6 Å². The fourth-order valence-electron chi connectivity index (χ4n) is 5.01. The summed E-state index contributed by atoms with van der Waals surface area (Å²) in [5.74, 6) is -0.945. The minimum Gasteiger partial charge on any atom is -0.462 e. The number of hydrogen-bond donors (Lipinski definition) is 2. The number of carbonyl (C=O) groups is 2. The summed E-state index contributed by atoms with van der Waals surface area (Å²) in [5.41, 5.74) is 5.33. The summed E-state index contributed by atoms with van der Waals surface area (Å²) >= 11 is 0. The number of unbranched alkanes of at least 4 members (excludes halogenated alkanes) is 10. The molecule has 0 saturated heterocycles. The lowest BCUT2D eigenvalue weighted by Crippen LogP contribution is -2.29. The summed E-state index contributed by atoms with van der Waals surface area (Å²) in [7, 11) is -4.40. The molecule has 0 aliphatic heterocycles. The van der Waals surface area contributed by atoms with E-state index >= 15 is 0 Å². The Hall–Kier alpha value is -2.81. The van der Waals surface area contributed by atoms with Crippen molar-refractivity contribution in [2.24, 2.45) is 5.73 Å². The van der Waals surface area contributed by atoms with Gasteiger partial charge in [-0.05, 0) is 77.0 Å². The first-order valence-electron chi connectivity index (χ1n) is 20.6. The van der Waals surface area contributed by atoms with Crippen LogP contribution in [0.25, 0.3) is 0 Å². The smallest absolute Gasteiger partial charge is 0.462 e. The van der Waals surface area contributed by atoms with Gasteiger partial charge in [0, 0.05) is 19.4 Å². The predicted octanol–water partition coefficient (Wildman–Crippen LogP) is 11.7. The molecular formula is C44H74NO8P. The maximum absolute atomic E-state index is 12.5. The van der Waals surface area contributed by atoms with Crippen molar-refractivity contribution in [3.8, 4) is 0 Å². The monoisotopic (exact) mass is 776 g/mol. The molecule has 54 heavy (non-hydrogen) atoms. The van der Waals surface area contributed by atoms with E-state index in [1.807, 2.05) is 12.2 Å². The van der Waals surface area contributed by atoms with Gasteiger partial charge in [0.15, 0.2) is 6.10 Å². The molecule has 0 aromatic heterocycles. The van der Waals surface area contributed by atoms with Crippen LogP contribution in [0, 0.1) is 0 Å². The fraction of sp³-hybridized carbons (Fsp3) is 0.636. The van der Waals surface area contributed by atoms with Crippen LogP contribution in [-0.2, 0) is 32.7 Å². The zero-order valence-corrected chi connectivity index (χ0v) is 34.6. The number of carbonyl (C=O) groups excluding carboxylic acids is 2. The third kappa shape index (κ3) is 38.9. The Morgan fingerprint density at radius 1 is 0.574 bits per heavy atom. The van der Waals surface area contributed by atoms with Gasteiger partial charge < -0.3 is 20.1 Å². The molecule has 0 aliphatic rings.